The summed E-state index contributed by atoms with van der Waals surface area (Å²) in [6, 6.07) is 9.51. The molecule has 0 fully saturated rings. The normalized spacial score (nSPS) is 20.8. The summed E-state index contributed by atoms with van der Waals surface area (Å²) in [5.74, 6) is 5.77. The Labute approximate surface area is 195 Å². The Kier molecular flexibility index (Phi) is 7.74. The van der Waals surface area contributed by atoms with E-state index in [1.165, 1.54) is 17.3 Å². The molecule has 9 heteroatoms. The monoisotopic (exact) mass is 471 g/mol. The molecule has 0 aliphatic carbocycles. The number of amides is 1. The number of aliphatic hydroxyl groups excluding tert-OH is 1. The zero-order chi connectivity index (χ0) is 24.2. The molecule has 176 valence electrons. The van der Waals surface area contributed by atoms with E-state index in [2.05, 4.69) is 16.8 Å². The van der Waals surface area contributed by atoms with Crippen LogP contribution in [0.5, 0.6) is 5.75 Å². The molecule has 0 bridgehead atoms. The van der Waals surface area contributed by atoms with Crippen molar-refractivity contribution in [3.63, 3.8) is 0 Å². The number of aromatic nitrogens is 1. The maximum atomic E-state index is 13.5. The number of carbonyl (C=O) groups is 1. The minimum atomic E-state index is -3.93. The number of fused-ring (bicyclic) bond motifs is 1. The van der Waals surface area contributed by atoms with Gasteiger partial charge in [0.2, 0.25) is 15.9 Å². The molecule has 1 aliphatic heterocycles. The molecule has 0 radical (unpaired) electrons. The fraction of sp³-hybridized carbons (Fsp3) is 0.417. The molecule has 33 heavy (non-hydrogen) atoms. The first-order valence-electron chi connectivity index (χ1n) is 10.7. The third kappa shape index (κ3) is 5.71. The average molecular weight is 472 g/mol. The number of benzene rings is 1. The highest BCUT2D eigenvalue weighted by Crippen LogP contribution is 2.34. The first-order chi connectivity index (χ1) is 15.6. The second kappa shape index (κ2) is 10.3. The highest BCUT2D eigenvalue weighted by Gasteiger charge is 2.38. The number of aliphatic hydroxyl groups is 1. The van der Waals surface area contributed by atoms with Gasteiger partial charge in [-0.05, 0) is 43.2 Å². The lowest BCUT2D eigenvalue weighted by Gasteiger charge is -2.37. The molecule has 1 aromatic carbocycles. The number of rotatable bonds is 4. The van der Waals surface area contributed by atoms with Gasteiger partial charge in [-0.15, -0.1) is 0 Å². The quantitative estimate of drug-likeness (QED) is 0.682. The van der Waals surface area contributed by atoms with Crippen molar-refractivity contribution < 1.29 is 23.1 Å². The molecule has 1 aromatic heterocycles. The van der Waals surface area contributed by atoms with Crippen LogP contribution in [0.2, 0.25) is 0 Å². The highest BCUT2D eigenvalue weighted by molar-refractivity contribution is 7.89. The summed E-state index contributed by atoms with van der Waals surface area (Å²) in [6.45, 7) is 5.14. The number of likely N-dealkylation sites (N-methyl/N-ethyl adjacent to an activating group) is 1. The molecule has 3 atom stereocenters. The topological polar surface area (TPSA) is 100 Å². The molecule has 1 N–H and O–H groups in total. The van der Waals surface area contributed by atoms with Gasteiger partial charge in [0.15, 0.2) is 0 Å². The first kappa shape index (κ1) is 24.7. The summed E-state index contributed by atoms with van der Waals surface area (Å²) in [5, 5.41) is 9.71. The van der Waals surface area contributed by atoms with E-state index in [0.717, 1.165) is 0 Å². The molecule has 2 aromatic rings. The predicted molar refractivity (Wildman–Crippen MR) is 124 cm³/mol. The maximum Gasteiger partial charge on any atom is 0.247 e. The second-order valence-electron chi connectivity index (χ2n) is 8.27. The van der Waals surface area contributed by atoms with E-state index in [0.29, 0.717) is 17.8 Å². The summed E-state index contributed by atoms with van der Waals surface area (Å²) < 4.78 is 34.5. The third-order valence-corrected chi connectivity index (χ3v) is 7.68. The standard InChI is InChI=1S/C24H29N3O5S/c1-17-14-27(18(2)16-28)33(30,31)24-11-9-20(8-10-21-7-5-6-12-25-21)13-22(24)32-23(17)15-26(4)19(3)29/h5-7,9,11-13,17-18,23,28H,14-16H2,1-4H3/t17-,18-,23-/m0/s1. The lowest BCUT2D eigenvalue weighted by molar-refractivity contribution is -0.129. The number of ether oxygens (including phenoxy) is 1. The van der Waals surface area contributed by atoms with E-state index in [1.807, 2.05) is 13.0 Å². The summed E-state index contributed by atoms with van der Waals surface area (Å²) in [6.07, 6.45) is 1.19. The summed E-state index contributed by atoms with van der Waals surface area (Å²) in [5.41, 5.74) is 1.17. The van der Waals surface area contributed by atoms with Gasteiger partial charge in [0, 0.05) is 44.2 Å². The largest absolute Gasteiger partial charge is 0.487 e. The van der Waals surface area contributed by atoms with Crippen LogP contribution in [0.1, 0.15) is 32.0 Å². The first-order valence-corrected chi connectivity index (χ1v) is 12.2. The number of pyridine rings is 1. The Hall–Kier alpha value is -2.93. The number of carbonyl (C=O) groups excluding carboxylic acids is 1. The van der Waals surface area contributed by atoms with Crippen molar-refractivity contribution in [3.8, 4) is 17.6 Å². The Morgan fingerprint density at radius 3 is 2.73 bits per heavy atom. The molecular formula is C24H29N3O5S. The summed E-state index contributed by atoms with van der Waals surface area (Å²) in [4.78, 5) is 17.6. The van der Waals surface area contributed by atoms with Gasteiger partial charge in [-0.3, -0.25) is 4.79 Å². The van der Waals surface area contributed by atoms with Crippen LogP contribution in [0.25, 0.3) is 0 Å². The Bertz CT molecular complexity index is 1160. The van der Waals surface area contributed by atoms with Crippen molar-refractivity contribution in [2.45, 2.75) is 37.8 Å². The SMILES string of the molecule is CC(=O)N(C)C[C@@H]1Oc2cc(C#Cc3ccccn3)ccc2S(=O)(=O)N([C@@H](C)CO)C[C@@H]1C. The molecule has 0 unspecified atom stereocenters. The summed E-state index contributed by atoms with van der Waals surface area (Å²) in [7, 11) is -2.25. The van der Waals surface area contributed by atoms with Gasteiger partial charge < -0.3 is 14.7 Å². The Balaban J connectivity index is 2.08. The Morgan fingerprint density at radius 1 is 1.33 bits per heavy atom. The molecule has 1 amide bonds. The minimum Gasteiger partial charge on any atom is -0.487 e. The molecule has 0 spiro atoms. The van der Waals surface area contributed by atoms with E-state index >= 15 is 0 Å². The van der Waals surface area contributed by atoms with Crippen LogP contribution in [-0.2, 0) is 14.8 Å². The van der Waals surface area contributed by atoms with Crippen molar-refractivity contribution in [1.82, 2.24) is 14.2 Å². The zero-order valence-corrected chi connectivity index (χ0v) is 20.0. The van der Waals surface area contributed by atoms with Gasteiger partial charge in [-0.25, -0.2) is 13.4 Å². The number of hydrogen-bond acceptors (Lipinski definition) is 6. The highest BCUT2D eigenvalue weighted by atomic mass is 32.2. The van der Waals surface area contributed by atoms with Gasteiger partial charge in [-0.1, -0.05) is 18.9 Å². The van der Waals surface area contributed by atoms with Crippen LogP contribution in [0.3, 0.4) is 0 Å². The fourth-order valence-electron chi connectivity index (χ4n) is 3.49. The molecule has 0 saturated heterocycles. The van der Waals surface area contributed by atoms with Crippen LogP contribution in [0.15, 0.2) is 47.5 Å². The van der Waals surface area contributed by atoms with Crippen LogP contribution < -0.4 is 4.74 Å². The van der Waals surface area contributed by atoms with Crippen LogP contribution in [-0.4, -0.2) is 72.5 Å². The third-order valence-electron chi connectivity index (χ3n) is 5.66. The average Bonchev–Trinajstić information content (AvgIpc) is 2.79. The van der Waals surface area contributed by atoms with Gasteiger partial charge in [0.1, 0.15) is 22.4 Å². The van der Waals surface area contributed by atoms with Crippen molar-refractivity contribution in [1.29, 1.82) is 0 Å². The van der Waals surface area contributed by atoms with E-state index < -0.39 is 22.2 Å². The minimum absolute atomic E-state index is 0.00793. The second-order valence-corrected chi connectivity index (χ2v) is 10.1. The van der Waals surface area contributed by atoms with Crippen molar-refractivity contribution in [3.05, 3.63) is 53.9 Å². The number of sulfonamides is 1. The van der Waals surface area contributed by atoms with E-state index in [4.69, 9.17) is 4.74 Å². The van der Waals surface area contributed by atoms with Gasteiger partial charge in [0.25, 0.3) is 0 Å². The van der Waals surface area contributed by atoms with Gasteiger partial charge >= 0.3 is 0 Å². The van der Waals surface area contributed by atoms with Crippen molar-refractivity contribution in [2.24, 2.45) is 5.92 Å². The van der Waals surface area contributed by atoms with Crippen LogP contribution >= 0.6 is 0 Å². The van der Waals surface area contributed by atoms with E-state index in [1.54, 1.807) is 49.3 Å². The van der Waals surface area contributed by atoms with Crippen LogP contribution in [0.4, 0.5) is 0 Å². The number of hydrogen-bond donors (Lipinski definition) is 1. The lowest BCUT2D eigenvalue weighted by atomic mass is 10.0. The molecule has 1 aliphatic rings. The maximum absolute atomic E-state index is 13.5. The van der Waals surface area contributed by atoms with Crippen LogP contribution in [0, 0.1) is 17.8 Å². The summed E-state index contributed by atoms with van der Waals surface area (Å²) >= 11 is 0. The van der Waals surface area contributed by atoms with Gasteiger partial charge in [-0.2, -0.15) is 4.31 Å². The van der Waals surface area contributed by atoms with Crippen molar-refractivity contribution in [2.75, 3.05) is 26.7 Å². The smallest absolute Gasteiger partial charge is 0.247 e. The van der Waals surface area contributed by atoms with E-state index in [-0.39, 0.29) is 35.6 Å². The van der Waals surface area contributed by atoms with E-state index in [9.17, 15) is 18.3 Å². The Morgan fingerprint density at radius 2 is 2.09 bits per heavy atom. The van der Waals surface area contributed by atoms with Crippen molar-refractivity contribution >= 4 is 15.9 Å². The molecule has 8 nitrogen and oxygen atoms in total. The zero-order valence-electron chi connectivity index (χ0n) is 19.2. The fourth-order valence-corrected chi connectivity index (χ4v) is 5.32. The lowest BCUT2D eigenvalue weighted by Crippen LogP contribution is -2.50. The molecule has 3 rings (SSSR count). The predicted octanol–water partition coefficient (Wildman–Crippen LogP) is 1.73. The molecule has 0 saturated carbocycles. The number of nitrogens with zero attached hydrogens (tertiary/aromatic N) is 3. The molecule has 2 heterocycles. The van der Waals surface area contributed by atoms with Gasteiger partial charge in [0.05, 0.1) is 13.2 Å². The molecular weight excluding hydrogens is 442 g/mol.